The van der Waals surface area contributed by atoms with E-state index in [1.807, 2.05) is 36.0 Å². The third-order valence-electron chi connectivity index (χ3n) is 4.48. The standard InChI is InChI=1S/C16H25N5O/c1-2-20-15(13-14-5-7-17-8-6-14)18-21(16(20)22)12-11-19-9-3-4-10-19/h3-4,9-10,14,17H,2,5-8,11-13H2,1H3. The Kier molecular flexibility index (Phi) is 4.77. The minimum absolute atomic E-state index is 0.0265. The second-order valence-electron chi connectivity index (χ2n) is 5.98. The molecule has 0 amide bonds. The summed E-state index contributed by atoms with van der Waals surface area (Å²) < 4.78 is 5.53. The zero-order chi connectivity index (χ0) is 15.4. The number of nitrogens with one attached hydrogen (secondary N) is 1. The van der Waals surface area contributed by atoms with E-state index in [0.29, 0.717) is 19.0 Å². The van der Waals surface area contributed by atoms with Gasteiger partial charge < -0.3 is 9.88 Å². The average molecular weight is 303 g/mol. The maximum absolute atomic E-state index is 12.5. The van der Waals surface area contributed by atoms with Gasteiger partial charge in [-0.05, 0) is 50.9 Å². The Balaban J connectivity index is 1.72. The smallest absolute Gasteiger partial charge is 0.345 e. The van der Waals surface area contributed by atoms with Crippen molar-refractivity contribution >= 4 is 0 Å². The van der Waals surface area contributed by atoms with Crippen molar-refractivity contribution in [2.24, 2.45) is 5.92 Å². The van der Waals surface area contributed by atoms with Crippen LogP contribution in [0.4, 0.5) is 0 Å². The van der Waals surface area contributed by atoms with Crippen molar-refractivity contribution in [2.45, 2.75) is 45.8 Å². The van der Waals surface area contributed by atoms with Crippen LogP contribution >= 0.6 is 0 Å². The maximum atomic E-state index is 12.5. The van der Waals surface area contributed by atoms with Gasteiger partial charge in [0.2, 0.25) is 0 Å². The van der Waals surface area contributed by atoms with Crippen molar-refractivity contribution in [3.05, 3.63) is 40.8 Å². The molecule has 0 spiro atoms. The molecule has 1 aliphatic heterocycles. The van der Waals surface area contributed by atoms with Crippen LogP contribution in [0.5, 0.6) is 0 Å². The van der Waals surface area contributed by atoms with Crippen LogP contribution < -0.4 is 11.0 Å². The number of nitrogens with zero attached hydrogens (tertiary/aromatic N) is 4. The fraction of sp³-hybridized carbons (Fsp3) is 0.625. The molecule has 0 radical (unpaired) electrons. The number of hydrogen-bond acceptors (Lipinski definition) is 3. The second-order valence-corrected chi connectivity index (χ2v) is 5.98. The van der Waals surface area contributed by atoms with Crippen molar-refractivity contribution in [1.82, 2.24) is 24.2 Å². The summed E-state index contributed by atoms with van der Waals surface area (Å²) in [7, 11) is 0. The van der Waals surface area contributed by atoms with Gasteiger partial charge in [-0.3, -0.25) is 4.57 Å². The fourth-order valence-corrected chi connectivity index (χ4v) is 3.17. The van der Waals surface area contributed by atoms with Crippen LogP contribution in [-0.4, -0.2) is 32.0 Å². The lowest BCUT2D eigenvalue weighted by Crippen LogP contribution is -2.30. The SMILES string of the molecule is CCn1c(CC2CCNCC2)nn(CCn2cccc2)c1=O. The summed E-state index contributed by atoms with van der Waals surface area (Å²) in [6.07, 6.45) is 7.29. The van der Waals surface area contributed by atoms with Gasteiger partial charge in [-0.25, -0.2) is 9.48 Å². The monoisotopic (exact) mass is 303 g/mol. The van der Waals surface area contributed by atoms with Gasteiger partial charge in [0.15, 0.2) is 0 Å². The molecule has 22 heavy (non-hydrogen) atoms. The molecule has 0 aliphatic carbocycles. The molecule has 6 heteroatoms. The van der Waals surface area contributed by atoms with Crippen LogP contribution in [0.15, 0.2) is 29.3 Å². The number of aryl methyl sites for hydroxylation is 2. The zero-order valence-electron chi connectivity index (χ0n) is 13.2. The molecule has 0 atom stereocenters. The van der Waals surface area contributed by atoms with Gasteiger partial charge in [0.05, 0.1) is 6.54 Å². The highest BCUT2D eigenvalue weighted by atomic mass is 16.2. The molecule has 1 saturated heterocycles. The molecule has 1 fully saturated rings. The summed E-state index contributed by atoms with van der Waals surface area (Å²) in [6.45, 7) is 6.28. The molecule has 2 aromatic rings. The quantitative estimate of drug-likeness (QED) is 0.870. The van der Waals surface area contributed by atoms with Crippen molar-refractivity contribution in [3.63, 3.8) is 0 Å². The summed E-state index contributed by atoms with van der Waals surface area (Å²) in [6, 6.07) is 3.99. The summed E-state index contributed by atoms with van der Waals surface area (Å²) in [4.78, 5) is 12.5. The zero-order valence-corrected chi connectivity index (χ0v) is 13.2. The number of hydrogen-bond donors (Lipinski definition) is 1. The van der Waals surface area contributed by atoms with Crippen molar-refractivity contribution < 1.29 is 0 Å². The summed E-state index contributed by atoms with van der Waals surface area (Å²) in [5, 5.41) is 7.99. The van der Waals surface area contributed by atoms with Crippen LogP contribution in [0.1, 0.15) is 25.6 Å². The minimum Gasteiger partial charge on any atom is -0.352 e. The molecular formula is C16H25N5O. The molecule has 3 rings (SSSR count). The van der Waals surface area contributed by atoms with E-state index in [2.05, 4.69) is 15.0 Å². The van der Waals surface area contributed by atoms with Crippen LogP contribution in [0.3, 0.4) is 0 Å². The molecule has 0 saturated carbocycles. The van der Waals surface area contributed by atoms with E-state index < -0.39 is 0 Å². The topological polar surface area (TPSA) is 56.8 Å². The largest absolute Gasteiger partial charge is 0.352 e. The van der Waals surface area contributed by atoms with Crippen molar-refractivity contribution in [2.75, 3.05) is 13.1 Å². The van der Waals surface area contributed by atoms with Crippen LogP contribution in [0, 0.1) is 5.92 Å². The fourth-order valence-electron chi connectivity index (χ4n) is 3.17. The summed E-state index contributed by atoms with van der Waals surface area (Å²) >= 11 is 0. The molecular weight excluding hydrogens is 278 g/mol. The van der Waals surface area contributed by atoms with E-state index >= 15 is 0 Å². The second kappa shape index (κ2) is 6.96. The maximum Gasteiger partial charge on any atom is 0.345 e. The van der Waals surface area contributed by atoms with E-state index in [-0.39, 0.29) is 5.69 Å². The predicted octanol–water partition coefficient (Wildman–Crippen LogP) is 1.11. The molecule has 0 bridgehead atoms. The van der Waals surface area contributed by atoms with Gasteiger partial charge in [-0.2, -0.15) is 5.10 Å². The predicted molar refractivity (Wildman–Crippen MR) is 85.9 cm³/mol. The van der Waals surface area contributed by atoms with Crippen LogP contribution in [0.2, 0.25) is 0 Å². The Hall–Kier alpha value is -1.82. The van der Waals surface area contributed by atoms with E-state index in [4.69, 9.17) is 0 Å². The Morgan fingerprint density at radius 3 is 2.64 bits per heavy atom. The lowest BCUT2D eigenvalue weighted by Gasteiger charge is -2.21. The minimum atomic E-state index is 0.0265. The highest BCUT2D eigenvalue weighted by Crippen LogP contribution is 2.16. The first kappa shape index (κ1) is 15.1. The van der Waals surface area contributed by atoms with Crippen molar-refractivity contribution in [3.8, 4) is 0 Å². The molecule has 1 N–H and O–H groups in total. The Labute approximate surface area is 130 Å². The highest BCUT2D eigenvalue weighted by Gasteiger charge is 2.19. The van der Waals surface area contributed by atoms with Crippen LogP contribution in [0.25, 0.3) is 0 Å². The van der Waals surface area contributed by atoms with Gasteiger partial charge in [-0.1, -0.05) is 0 Å². The van der Waals surface area contributed by atoms with E-state index in [1.54, 1.807) is 4.68 Å². The Morgan fingerprint density at radius 2 is 1.95 bits per heavy atom. The van der Waals surface area contributed by atoms with E-state index in [9.17, 15) is 4.79 Å². The molecule has 1 aliphatic rings. The van der Waals surface area contributed by atoms with Crippen molar-refractivity contribution in [1.29, 1.82) is 0 Å². The first-order chi connectivity index (χ1) is 10.8. The lowest BCUT2D eigenvalue weighted by molar-refractivity contribution is 0.362. The number of piperidine rings is 1. The van der Waals surface area contributed by atoms with Gasteiger partial charge in [-0.15, -0.1) is 0 Å². The highest BCUT2D eigenvalue weighted by molar-refractivity contribution is 4.92. The van der Waals surface area contributed by atoms with Gasteiger partial charge in [0.25, 0.3) is 0 Å². The third-order valence-corrected chi connectivity index (χ3v) is 4.48. The van der Waals surface area contributed by atoms with Gasteiger partial charge >= 0.3 is 5.69 Å². The molecule has 0 aromatic carbocycles. The third kappa shape index (κ3) is 3.32. The average Bonchev–Trinajstić information content (AvgIpc) is 3.15. The first-order valence-corrected chi connectivity index (χ1v) is 8.26. The molecule has 3 heterocycles. The lowest BCUT2D eigenvalue weighted by atomic mass is 9.94. The van der Waals surface area contributed by atoms with E-state index in [0.717, 1.165) is 31.9 Å². The molecule has 0 unspecified atom stereocenters. The van der Waals surface area contributed by atoms with E-state index in [1.165, 1.54) is 12.8 Å². The number of aromatic nitrogens is 4. The molecule has 120 valence electrons. The summed E-state index contributed by atoms with van der Waals surface area (Å²) in [5.74, 6) is 1.60. The molecule has 6 nitrogen and oxygen atoms in total. The first-order valence-electron chi connectivity index (χ1n) is 8.26. The van der Waals surface area contributed by atoms with Crippen LogP contribution in [-0.2, 0) is 26.1 Å². The number of rotatable bonds is 6. The molecule has 2 aromatic heterocycles. The Morgan fingerprint density at radius 1 is 1.23 bits per heavy atom. The van der Waals surface area contributed by atoms with Gasteiger partial charge in [0, 0.05) is 31.9 Å². The van der Waals surface area contributed by atoms with Gasteiger partial charge in [0.1, 0.15) is 5.82 Å². The summed E-state index contributed by atoms with van der Waals surface area (Å²) in [5.41, 5.74) is 0.0265. The normalized spacial score (nSPS) is 16.2. The Bertz CT molecular complexity index is 634.